The average molecular weight is 301 g/mol. The summed E-state index contributed by atoms with van der Waals surface area (Å²) in [5, 5.41) is 12.8. The first-order valence-corrected chi connectivity index (χ1v) is 7.34. The number of aromatic amines is 1. The van der Waals surface area contributed by atoms with Crippen LogP contribution >= 0.6 is 0 Å². The van der Waals surface area contributed by atoms with E-state index in [1.54, 1.807) is 0 Å². The maximum absolute atomic E-state index is 11.7. The smallest absolute Gasteiger partial charge is 0.407 e. The summed E-state index contributed by atoms with van der Waals surface area (Å²) in [5.41, 5.74) is 0.984. The fourth-order valence-electron chi connectivity index (χ4n) is 2.39. The van der Waals surface area contributed by atoms with Gasteiger partial charge in [0.25, 0.3) is 0 Å². The second-order valence-corrected chi connectivity index (χ2v) is 5.38. The van der Waals surface area contributed by atoms with Crippen molar-refractivity contribution in [1.82, 2.24) is 25.8 Å². The molecule has 1 fully saturated rings. The number of rotatable bonds is 6. The molecule has 3 rings (SSSR count). The quantitative estimate of drug-likeness (QED) is 0.749. The lowest BCUT2D eigenvalue weighted by molar-refractivity contribution is 0.125. The molecule has 7 nitrogen and oxygen atoms in total. The van der Waals surface area contributed by atoms with Gasteiger partial charge in [0.2, 0.25) is 0 Å². The highest BCUT2D eigenvalue weighted by atomic mass is 16.5. The van der Waals surface area contributed by atoms with E-state index in [-0.39, 0.29) is 12.1 Å². The number of amides is 1. The fraction of sp³-hybridized carbons (Fsp3) is 0.400. The Morgan fingerprint density at radius 1 is 1.27 bits per heavy atom. The van der Waals surface area contributed by atoms with Crippen LogP contribution < -0.4 is 10.6 Å². The monoisotopic (exact) mass is 301 g/mol. The number of carbonyl (C=O) groups is 1. The number of nitrogens with one attached hydrogen (secondary N) is 3. The van der Waals surface area contributed by atoms with Gasteiger partial charge < -0.3 is 15.4 Å². The summed E-state index contributed by atoms with van der Waals surface area (Å²) in [5.74, 6) is 0.818. The Morgan fingerprint density at radius 2 is 2.09 bits per heavy atom. The first-order chi connectivity index (χ1) is 10.8. The summed E-state index contributed by atoms with van der Waals surface area (Å²) in [6.45, 7) is 0.961. The van der Waals surface area contributed by atoms with Crippen molar-refractivity contribution in [3.63, 3.8) is 0 Å². The van der Waals surface area contributed by atoms with Gasteiger partial charge in [-0.15, -0.1) is 0 Å². The molecule has 0 radical (unpaired) electrons. The van der Waals surface area contributed by atoms with Crippen LogP contribution in [0.4, 0.5) is 4.79 Å². The highest BCUT2D eigenvalue weighted by Crippen LogP contribution is 2.20. The van der Waals surface area contributed by atoms with Gasteiger partial charge in [-0.25, -0.2) is 9.78 Å². The van der Waals surface area contributed by atoms with Crippen LogP contribution in [0.3, 0.4) is 0 Å². The molecule has 0 bridgehead atoms. The second-order valence-electron chi connectivity index (χ2n) is 5.38. The predicted octanol–water partition coefficient (Wildman–Crippen LogP) is 1.35. The van der Waals surface area contributed by atoms with Crippen molar-refractivity contribution < 1.29 is 9.53 Å². The van der Waals surface area contributed by atoms with E-state index in [2.05, 4.69) is 25.8 Å². The molecule has 116 valence electrons. The van der Waals surface area contributed by atoms with Gasteiger partial charge in [-0.1, -0.05) is 30.3 Å². The number of aromatic nitrogens is 3. The molecule has 1 aromatic heterocycles. The summed E-state index contributed by atoms with van der Waals surface area (Å²) < 4.78 is 5.19. The Morgan fingerprint density at radius 3 is 2.82 bits per heavy atom. The predicted molar refractivity (Wildman–Crippen MR) is 79.8 cm³/mol. The zero-order valence-electron chi connectivity index (χ0n) is 12.2. The molecule has 0 saturated heterocycles. The fourth-order valence-corrected chi connectivity index (χ4v) is 2.39. The second kappa shape index (κ2) is 7.04. The zero-order valence-corrected chi connectivity index (χ0v) is 12.2. The Hall–Kier alpha value is -2.41. The van der Waals surface area contributed by atoms with Gasteiger partial charge in [0, 0.05) is 12.1 Å². The molecule has 0 atom stereocenters. The maximum atomic E-state index is 11.7. The molecule has 0 unspecified atom stereocenters. The van der Waals surface area contributed by atoms with E-state index in [4.69, 9.17) is 4.74 Å². The average Bonchev–Trinajstić information content (AvgIpc) is 3.01. The van der Waals surface area contributed by atoms with Crippen LogP contribution in [0.25, 0.3) is 0 Å². The van der Waals surface area contributed by atoms with E-state index in [0.717, 1.165) is 24.2 Å². The molecule has 1 aromatic carbocycles. The van der Waals surface area contributed by atoms with Crippen molar-refractivity contribution in [2.24, 2.45) is 0 Å². The standard InChI is InChI=1S/C15H19N5O2/c21-15(22-9-11-4-2-1-3-5-11)19-13-6-12(7-13)16-8-14-17-10-18-20-14/h1-5,10,12-13,16H,6-9H2,(H,19,21)(H,17,18,20). The van der Waals surface area contributed by atoms with Crippen molar-refractivity contribution >= 4 is 6.09 Å². The number of benzene rings is 1. The number of carbonyl (C=O) groups excluding carboxylic acids is 1. The van der Waals surface area contributed by atoms with Gasteiger partial charge in [0.15, 0.2) is 0 Å². The molecule has 1 amide bonds. The SMILES string of the molecule is O=C(NC1CC(NCc2ncn[nH]2)C1)OCc1ccccc1. The number of H-pyrrole nitrogens is 1. The summed E-state index contributed by atoms with van der Waals surface area (Å²) >= 11 is 0. The van der Waals surface area contributed by atoms with Crippen LogP contribution in [0.15, 0.2) is 36.7 Å². The van der Waals surface area contributed by atoms with Gasteiger partial charge in [-0.05, 0) is 18.4 Å². The number of hydrogen-bond donors (Lipinski definition) is 3. The summed E-state index contributed by atoms with van der Waals surface area (Å²) in [7, 11) is 0. The number of ether oxygens (including phenoxy) is 1. The van der Waals surface area contributed by atoms with Crippen LogP contribution in [-0.4, -0.2) is 33.4 Å². The minimum absolute atomic E-state index is 0.176. The molecular formula is C15H19N5O2. The van der Waals surface area contributed by atoms with E-state index in [1.807, 2.05) is 30.3 Å². The molecule has 1 saturated carbocycles. The minimum Gasteiger partial charge on any atom is -0.445 e. The van der Waals surface area contributed by atoms with Crippen molar-refractivity contribution in [3.8, 4) is 0 Å². The maximum Gasteiger partial charge on any atom is 0.407 e. The normalized spacial score (nSPS) is 20.2. The van der Waals surface area contributed by atoms with Gasteiger partial charge in [0.05, 0.1) is 6.54 Å². The lowest BCUT2D eigenvalue weighted by Gasteiger charge is -2.35. The van der Waals surface area contributed by atoms with Crippen molar-refractivity contribution in [3.05, 3.63) is 48.0 Å². The van der Waals surface area contributed by atoms with E-state index >= 15 is 0 Å². The van der Waals surface area contributed by atoms with Crippen LogP contribution in [0.5, 0.6) is 0 Å². The van der Waals surface area contributed by atoms with Gasteiger partial charge in [0.1, 0.15) is 18.8 Å². The number of nitrogens with zero attached hydrogens (tertiary/aromatic N) is 2. The molecule has 2 aromatic rings. The molecule has 0 aliphatic heterocycles. The van der Waals surface area contributed by atoms with Crippen molar-refractivity contribution in [1.29, 1.82) is 0 Å². The first-order valence-electron chi connectivity index (χ1n) is 7.34. The third-order valence-corrected chi connectivity index (χ3v) is 3.70. The lowest BCUT2D eigenvalue weighted by atomic mass is 9.87. The molecule has 3 N–H and O–H groups in total. The van der Waals surface area contributed by atoms with Crippen LogP contribution in [-0.2, 0) is 17.9 Å². The van der Waals surface area contributed by atoms with Crippen molar-refractivity contribution in [2.45, 2.75) is 38.1 Å². The largest absolute Gasteiger partial charge is 0.445 e. The van der Waals surface area contributed by atoms with Gasteiger partial charge in [-0.2, -0.15) is 5.10 Å². The van der Waals surface area contributed by atoms with Crippen LogP contribution in [0.2, 0.25) is 0 Å². The molecular weight excluding hydrogens is 282 g/mol. The Bertz CT molecular complexity index is 581. The number of alkyl carbamates (subject to hydrolysis) is 1. The molecule has 22 heavy (non-hydrogen) atoms. The molecule has 0 spiro atoms. The topological polar surface area (TPSA) is 91.9 Å². The highest BCUT2D eigenvalue weighted by Gasteiger charge is 2.30. The molecule has 1 aliphatic carbocycles. The molecule has 1 aliphatic rings. The van der Waals surface area contributed by atoms with Crippen LogP contribution in [0, 0.1) is 0 Å². The summed E-state index contributed by atoms with van der Waals surface area (Å²) in [6.07, 6.45) is 2.93. The van der Waals surface area contributed by atoms with Crippen molar-refractivity contribution in [2.75, 3.05) is 0 Å². The highest BCUT2D eigenvalue weighted by molar-refractivity contribution is 5.67. The van der Waals surface area contributed by atoms with E-state index in [1.165, 1.54) is 6.33 Å². The van der Waals surface area contributed by atoms with E-state index < -0.39 is 0 Å². The summed E-state index contributed by atoms with van der Waals surface area (Å²) in [6, 6.07) is 10.2. The third kappa shape index (κ3) is 4.05. The summed E-state index contributed by atoms with van der Waals surface area (Å²) in [4.78, 5) is 15.7. The van der Waals surface area contributed by atoms with Crippen LogP contribution in [0.1, 0.15) is 24.2 Å². The van der Waals surface area contributed by atoms with E-state index in [0.29, 0.717) is 19.2 Å². The zero-order chi connectivity index (χ0) is 15.2. The number of hydrogen-bond acceptors (Lipinski definition) is 5. The van der Waals surface area contributed by atoms with E-state index in [9.17, 15) is 4.79 Å². The first kappa shape index (κ1) is 14.5. The third-order valence-electron chi connectivity index (χ3n) is 3.70. The minimum atomic E-state index is -0.359. The Labute approximate surface area is 128 Å². The molecule has 7 heteroatoms. The van der Waals surface area contributed by atoms with Gasteiger partial charge >= 0.3 is 6.09 Å². The Balaban J connectivity index is 1.29. The Kier molecular flexibility index (Phi) is 4.65. The van der Waals surface area contributed by atoms with Gasteiger partial charge in [-0.3, -0.25) is 5.10 Å². The lowest BCUT2D eigenvalue weighted by Crippen LogP contribution is -2.52. The molecule has 1 heterocycles.